The van der Waals surface area contributed by atoms with E-state index in [0.717, 1.165) is 36.1 Å². The summed E-state index contributed by atoms with van der Waals surface area (Å²) in [4.78, 5) is 14.1. The van der Waals surface area contributed by atoms with E-state index in [1.807, 2.05) is 28.3 Å². The Morgan fingerprint density at radius 1 is 1.35 bits per heavy atom. The van der Waals surface area contributed by atoms with Gasteiger partial charge in [0.05, 0.1) is 11.0 Å². The molecule has 1 saturated carbocycles. The predicted octanol–water partition coefficient (Wildman–Crippen LogP) is 3.73. The van der Waals surface area contributed by atoms with Crippen LogP contribution in [0.25, 0.3) is 0 Å². The van der Waals surface area contributed by atoms with Crippen LogP contribution in [0.4, 0.5) is 0 Å². The van der Waals surface area contributed by atoms with Crippen LogP contribution in [0.3, 0.4) is 0 Å². The molecule has 1 amide bonds. The number of amides is 1. The van der Waals surface area contributed by atoms with Gasteiger partial charge in [0.1, 0.15) is 0 Å². The van der Waals surface area contributed by atoms with Crippen molar-refractivity contribution >= 4 is 28.6 Å². The molecule has 2 aromatic rings. The van der Waals surface area contributed by atoms with E-state index in [-0.39, 0.29) is 17.9 Å². The molecular formula is C18H23NO2S2. The van der Waals surface area contributed by atoms with Crippen molar-refractivity contribution in [2.75, 3.05) is 6.54 Å². The highest BCUT2D eigenvalue weighted by Crippen LogP contribution is 2.43. The third-order valence-electron chi connectivity index (χ3n) is 4.68. The van der Waals surface area contributed by atoms with Gasteiger partial charge in [-0.2, -0.15) is 11.3 Å². The van der Waals surface area contributed by atoms with Crippen LogP contribution in [0.2, 0.25) is 0 Å². The molecule has 0 bridgehead atoms. The zero-order valence-electron chi connectivity index (χ0n) is 13.4. The van der Waals surface area contributed by atoms with E-state index in [2.05, 4.69) is 11.4 Å². The van der Waals surface area contributed by atoms with Crippen LogP contribution >= 0.6 is 22.7 Å². The maximum absolute atomic E-state index is 12.9. The molecule has 1 fully saturated rings. The number of hydrogen-bond acceptors (Lipinski definition) is 4. The van der Waals surface area contributed by atoms with Gasteiger partial charge in [0.25, 0.3) is 0 Å². The van der Waals surface area contributed by atoms with Gasteiger partial charge in [0.15, 0.2) is 0 Å². The molecule has 3 nitrogen and oxygen atoms in total. The Balaban J connectivity index is 1.66. The summed E-state index contributed by atoms with van der Waals surface area (Å²) in [6.07, 6.45) is 4.56. The van der Waals surface area contributed by atoms with Gasteiger partial charge in [-0.15, -0.1) is 11.3 Å². The average molecular weight is 350 g/mol. The largest absolute Gasteiger partial charge is 0.388 e. The highest BCUT2D eigenvalue weighted by Gasteiger charge is 2.43. The highest BCUT2D eigenvalue weighted by molar-refractivity contribution is 7.10. The SMILES string of the molecule is CC(O)(CNC(=O)C1(c2cccs2)CCCC1)Cc1ccsc1. The molecule has 23 heavy (non-hydrogen) atoms. The van der Waals surface area contributed by atoms with Crippen LogP contribution in [0.5, 0.6) is 0 Å². The van der Waals surface area contributed by atoms with E-state index in [9.17, 15) is 9.90 Å². The first-order chi connectivity index (χ1) is 11.0. The number of hydrogen-bond donors (Lipinski definition) is 2. The molecule has 0 radical (unpaired) electrons. The monoisotopic (exact) mass is 349 g/mol. The van der Waals surface area contributed by atoms with Crippen LogP contribution in [-0.4, -0.2) is 23.2 Å². The van der Waals surface area contributed by atoms with Gasteiger partial charge < -0.3 is 10.4 Å². The lowest BCUT2D eigenvalue weighted by molar-refractivity contribution is -0.127. The average Bonchev–Trinajstić information content (AvgIpc) is 3.24. The number of carbonyl (C=O) groups excluding carboxylic acids is 1. The molecular weight excluding hydrogens is 326 g/mol. The van der Waals surface area contributed by atoms with E-state index in [1.54, 1.807) is 29.6 Å². The summed E-state index contributed by atoms with van der Waals surface area (Å²) in [6, 6.07) is 6.10. The number of rotatable bonds is 6. The van der Waals surface area contributed by atoms with Crippen molar-refractivity contribution in [3.8, 4) is 0 Å². The fourth-order valence-electron chi connectivity index (χ4n) is 3.45. The van der Waals surface area contributed by atoms with Gasteiger partial charge in [-0.3, -0.25) is 4.79 Å². The smallest absolute Gasteiger partial charge is 0.231 e. The summed E-state index contributed by atoms with van der Waals surface area (Å²) in [7, 11) is 0. The Labute approximate surface area is 145 Å². The fourth-order valence-corrected chi connectivity index (χ4v) is 5.10. The number of nitrogens with one attached hydrogen (secondary N) is 1. The van der Waals surface area contributed by atoms with Crippen molar-refractivity contribution in [2.24, 2.45) is 0 Å². The first kappa shape index (κ1) is 16.7. The van der Waals surface area contributed by atoms with Crippen molar-refractivity contribution in [3.05, 3.63) is 44.8 Å². The minimum atomic E-state index is -0.925. The van der Waals surface area contributed by atoms with E-state index in [1.165, 1.54) is 0 Å². The highest BCUT2D eigenvalue weighted by atomic mass is 32.1. The lowest BCUT2D eigenvalue weighted by Crippen LogP contribution is -2.48. The first-order valence-corrected chi connectivity index (χ1v) is 9.90. The second-order valence-corrected chi connectivity index (χ2v) is 8.48. The molecule has 5 heteroatoms. The molecule has 1 aliphatic rings. The summed E-state index contributed by atoms with van der Waals surface area (Å²) in [5, 5.41) is 19.7. The fraction of sp³-hybridized carbons (Fsp3) is 0.500. The van der Waals surface area contributed by atoms with E-state index >= 15 is 0 Å². The Hall–Kier alpha value is -1.17. The lowest BCUT2D eigenvalue weighted by Gasteiger charge is -2.30. The van der Waals surface area contributed by atoms with Gasteiger partial charge in [-0.25, -0.2) is 0 Å². The van der Waals surface area contributed by atoms with Crippen molar-refractivity contribution in [3.63, 3.8) is 0 Å². The molecule has 2 N–H and O–H groups in total. The Kier molecular flexibility index (Phi) is 4.90. The van der Waals surface area contributed by atoms with Crippen LogP contribution in [-0.2, 0) is 16.6 Å². The molecule has 2 heterocycles. The maximum atomic E-state index is 12.9. The van der Waals surface area contributed by atoms with Gasteiger partial charge >= 0.3 is 0 Å². The minimum Gasteiger partial charge on any atom is -0.388 e. The van der Waals surface area contributed by atoms with Crippen molar-refractivity contribution in [1.82, 2.24) is 5.32 Å². The molecule has 3 rings (SSSR count). The maximum Gasteiger partial charge on any atom is 0.231 e. The standard InChI is InChI=1S/C18H23NO2S2/c1-17(21,11-14-6-10-22-12-14)13-19-16(20)18(7-2-3-8-18)15-5-4-9-23-15/h4-6,9-10,12,21H,2-3,7-8,11,13H2,1H3,(H,19,20). The van der Waals surface area contributed by atoms with Gasteiger partial charge in [-0.05, 0) is 53.6 Å². The van der Waals surface area contributed by atoms with Gasteiger partial charge in [0.2, 0.25) is 5.91 Å². The van der Waals surface area contributed by atoms with Gasteiger partial charge in [0, 0.05) is 17.8 Å². The molecule has 0 aliphatic heterocycles. The third-order valence-corrected chi connectivity index (χ3v) is 6.49. The summed E-state index contributed by atoms with van der Waals surface area (Å²) in [5.41, 5.74) is -0.193. The minimum absolute atomic E-state index is 0.0723. The lowest BCUT2D eigenvalue weighted by atomic mass is 9.83. The second-order valence-electron chi connectivity index (χ2n) is 6.75. The Morgan fingerprint density at radius 3 is 2.74 bits per heavy atom. The van der Waals surface area contributed by atoms with Crippen LogP contribution in [0, 0.1) is 0 Å². The molecule has 0 saturated heterocycles. The van der Waals surface area contributed by atoms with Crippen molar-refractivity contribution in [1.29, 1.82) is 0 Å². The second kappa shape index (κ2) is 6.75. The molecule has 1 atom stereocenters. The van der Waals surface area contributed by atoms with Gasteiger partial charge in [-0.1, -0.05) is 18.9 Å². The van der Waals surface area contributed by atoms with Crippen LogP contribution in [0.1, 0.15) is 43.0 Å². The predicted molar refractivity (Wildman–Crippen MR) is 96.1 cm³/mol. The normalized spacial score (nSPS) is 19.4. The zero-order chi connectivity index (χ0) is 16.3. The summed E-state index contributed by atoms with van der Waals surface area (Å²) < 4.78 is 0. The number of carbonyl (C=O) groups is 1. The molecule has 0 spiro atoms. The quantitative estimate of drug-likeness (QED) is 0.835. The first-order valence-electron chi connectivity index (χ1n) is 8.08. The van der Waals surface area contributed by atoms with Crippen molar-refractivity contribution < 1.29 is 9.90 Å². The molecule has 1 aliphatic carbocycles. The zero-order valence-corrected chi connectivity index (χ0v) is 15.0. The number of aliphatic hydroxyl groups is 1. The van der Waals surface area contributed by atoms with Crippen molar-refractivity contribution in [2.45, 2.75) is 50.0 Å². The van der Waals surface area contributed by atoms with Crippen LogP contribution in [0.15, 0.2) is 34.3 Å². The van der Waals surface area contributed by atoms with Crippen LogP contribution < -0.4 is 5.32 Å². The van der Waals surface area contributed by atoms with E-state index in [4.69, 9.17) is 0 Å². The Morgan fingerprint density at radius 2 is 2.13 bits per heavy atom. The topological polar surface area (TPSA) is 49.3 Å². The molecule has 0 aromatic carbocycles. The summed E-state index contributed by atoms with van der Waals surface area (Å²) >= 11 is 3.29. The number of thiophene rings is 2. The van der Waals surface area contributed by atoms with E-state index in [0.29, 0.717) is 6.42 Å². The molecule has 124 valence electrons. The molecule has 2 aromatic heterocycles. The Bertz CT molecular complexity index is 626. The molecule has 1 unspecified atom stereocenters. The van der Waals surface area contributed by atoms with E-state index < -0.39 is 5.60 Å². The summed E-state index contributed by atoms with van der Waals surface area (Å²) in [5.74, 6) is 0.0723. The summed E-state index contributed by atoms with van der Waals surface area (Å²) in [6.45, 7) is 2.08. The third kappa shape index (κ3) is 3.67.